The van der Waals surface area contributed by atoms with Crippen LogP contribution in [0.15, 0.2) is 17.5 Å². The normalized spacial score (nSPS) is 10.3. The topological polar surface area (TPSA) is 0 Å². The predicted molar refractivity (Wildman–Crippen MR) is 55.7 cm³/mol. The molecule has 1 aromatic heterocycles. The average molecular weight is 233 g/mol. The summed E-state index contributed by atoms with van der Waals surface area (Å²) in [6.45, 7) is 0. The molecule has 0 radical (unpaired) electrons. The van der Waals surface area contributed by atoms with E-state index in [9.17, 15) is 0 Å². The number of rotatable bonds is 5. The minimum atomic E-state index is 1.15. The lowest BCUT2D eigenvalue weighted by Gasteiger charge is -1.95. The Morgan fingerprint density at radius 1 is 1.27 bits per heavy atom. The Morgan fingerprint density at radius 2 is 2.18 bits per heavy atom. The van der Waals surface area contributed by atoms with Gasteiger partial charge in [0.25, 0.3) is 0 Å². The third-order valence-corrected chi connectivity index (χ3v) is 3.13. The molecule has 0 nitrogen and oxygen atoms in total. The molecular formula is C9H13BrS. The minimum Gasteiger partial charge on any atom is -0.149 e. The summed E-state index contributed by atoms with van der Waals surface area (Å²) in [6, 6.07) is 4.35. The van der Waals surface area contributed by atoms with Crippen molar-refractivity contribution in [2.75, 3.05) is 5.33 Å². The van der Waals surface area contributed by atoms with Crippen LogP contribution in [0, 0.1) is 0 Å². The summed E-state index contributed by atoms with van der Waals surface area (Å²) in [5, 5.41) is 3.30. The zero-order valence-corrected chi connectivity index (χ0v) is 8.96. The summed E-state index contributed by atoms with van der Waals surface area (Å²) in [5.41, 5.74) is 0. The molecule has 0 saturated heterocycles. The molecule has 0 spiro atoms. The van der Waals surface area contributed by atoms with Gasteiger partial charge in [-0.05, 0) is 30.7 Å². The van der Waals surface area contributed by atoms with Crippen molar-refractivity contribution in [1.82, 2.24) is 0 Å². The standard InChI is InChI=1S/C9H13BrS/c10-7-3-1-2-5-9-6-4-8-11-9/h4,6,8H,1-3,5,7H2. The molecule has 62 valence electrons. The van der Waals surface area contributed by atoms with Gasteiger partial charge in [-0.2, -0.15) is 0 Å². The van der Waals surface area contributed by atoms with Crippen LogP contribution in [0.2, 0.25) is 0 Å². The van der Waals surface area contributed by atoms with Gasteiger partial charge in [0.2, 0.25) is 0 Å². The highest BCUT2D eigenvalue weighted by molar-refractivity contribution is 9.09. The Hall–Kier alpha value is 0.180. The summed E-state index contributed by atoms with van der Waals surface area (Å²) >= 11 is 5.30. The third-order valence-electron chi connectivity index (χ3n) is 1.64. The molecule has 0 atom stereocenters. The van der Waals surface area contributed by atoms with E-state index >= 15 is 0 Å². The van der Waals surface area contributed by atoms with E-state index in [2.05, 4.69) is 33.4 Å². The molecule has 0 aliphatic heterocycles. The maximum atomic E-state index is 3.43. The van der Waals surface area contributed by atoms with Gasteiger partial charge in [0.05, 0.1) is 0 Å². The van der Waals surface area contributed by atoms with Crippen molar-refractivity contribution in [1.29, 1.82) is 0 Å². The number of aryl methyl sites for hydroxylation is 1. The van der Waals surface area contributed by atoms with Crippen LogP contribution in [0.25, 0.3) is 0 Å². The molecule has 1 rings (SSSR count). The lowest BCUT2D eigenvalue weighted by molar-refractivity contribution is 0.730. The van der Waals surface area contributed by atoms with Crippen molar-refractivity contribution in [2.45, 2.75) is 25.7 Å². The van der Waals surface area contributed by atoms with Crippen LogP contribution in [0.1, 0.15) is 24.1 Å². The largest absolute Gasteiger partial charge is 0.149 e. The smallest absolute Gasteiger partial charge is 0.00452 e. The van der Waals surface area contributed by atoms with Crippen molar-refractivity contribution in [3.05, 3.63) is 22.4 Å². The quantitative estimate of drug-likeness (QED) is 0.535. The van der Waals surface area contributed by atoms with Crippen LogP contribution in [-0.2, 0) is 6.42 Å². The van der Waals surface area contributed by atoms with E-state index in [1.54, 1.807) is 0 Å². The highest BCUT2D eigenvalue weighted by atomic mass is 79.9. The molecular weight excluding hydrogens is 220 g/mol. The number of thiophene rings is 1. The fraction of sp³-hybridized carbons (Fsp3) is 0.556. The number of alkyl halides is 1. The first-order valence-corrected chi connectivity index (χ1v) is 6.02. The van der Waals surface area contributed by atoms with E-state index in [0.29, 0.717) is 0 Å². The first-order valence-electron chi connectivity index (χ1n) is 4.02. The molecule has 0 amide bonds. The van der Waals surface area contributed by atoms with Gasteiger partial charge >= 0.3 is 0 Å². The molecule has 0 aliphatic rings. The van der Waals surface area contributed by atoms with Crippen LogP contribution in [-0.4, -0.2) is 5.33 Å². The Kier molecular flexibility index (Phi) is 4.87. The lowest BCUT2D eigenvalue weighted by Crippen LogP contribution is -1.81. The second-order valence-electron chi connectivity index (χ2n) is 2.58. The summed E-state index contributed by atoms with van der Waals surface area (Å²) in [6.07, 6.45) is 5.27. The fourth-order valence-corrected chi connectivity index (χ4v) is 2.17. The molecule has 0 aromatic carbocycles. The zero-order chi connectivity index (χ0) is 7.94. The summed E-state index contributed by atoms with van der Waals surface area (Å²) in [4.78, 5) is 1.53. The van der Waals surface area contributed by atoms with Crippen molar-refractivity contribution >= 4 is 27.3 Å². The highest BCUT2D eigenvalue weighted by Crippen LogP contribution is 2.12. The zero-order valence-electron chi connectivity index (χ0n) is 6.55. The summed E-state index contributed by atoms with van der Waals surface area (Å²) in [7, 11) is 0. The monoisotopic (exact) mass is 232 g/mol. The maximum absolute atomic E-state index is 3.43. The summed E-state index contributed by atoms with van der Waals surface area (Å²) in [5.74, 6) is 0. The molecule has 1 aromatic rings. The van der Waals surface area contributed by atoms with Gasteiger partial charge in [-0.3, -0.25) is 0 Å². The Bertz CT molecular complexity index is 170. The second-order valence-corrected chi connectivity index (χ2v) is 4.40. The number of hydrogen-bond acceptors (Lipinski definition) is 1. The van der Waals surface area contributed by atoms with Crippen LogP contribution >= 0.6 is 27.3 Å². The first kappa shape index (κ1) is 9.27. The van der Waals surface area contributed by atoms with E-state index in [4.69, 9.17) is 0 Å². The molecule has 0 bridgehead atoms. The molecule has 0 unspecified atom stereocenters. The van der Waals surface area contributed by atoms with Gasteiger partial charge in [-0.25, -0.2) is 0 Å². The van der Waals surface area contributed by atoms with Gasteiger partial charge < -0.3 is 0 Å². The predicted octanol–water partition coefficient (Wildman–Crippen LogP) is 3.86. The van der Waals surface area contributed by atoms with Crippen LogP contribution < -0.4 is 0 Å². The molecule has 1 heterocycles. The Morgan fingerprint density at radius 3 is 2.82 bits per heavy atom. The average Bonchev–Trinajstić information content (AvgIpc) is 2.50. The minimum absolute atomic E-state index is 1.15. The maximum Gasteiger partial charge on any atom is 0.00452 e. The van der Waals surface area contributed by atoms with E-state index in [1.165, 1.54) is 30.6 Å². The number of halogens is 1. The number of hydrogen-bond donors (Lipinski definition) is 0. The third kappa shape index (κ3) is 3.92. The Balaban J connectivity index is 2.04. The summed E-state index contributed by atoms with van der Waals surface area (Å²) < 4.78 is 0. The molecule has 0 saturated carbocycles. The van der Waals surface area contributed by atoms with E-state index in [0.717, 1.165) is 5.33 Å². The number of unbranched alkanes of at least 4 members (excludes halogenated alkanes) is 2. The van der Waals surface area contributed by atoms with Gasteiger partial charge in [0.15, 0.2) is 0 Å². The van der Waals surface area contributed by atoms with Crippen molar-refractivity contribution in [3.8, 4) is 0 Å². The molecule has 2 heteroatoms. The second kappa shape index (κ2) is 5.78. The Labute approximate surface area is 80.8 Å². The fourth-order valence-electron chi connectivity index (χ4n) is 1.03. The van der Waals surface area contributed by atoms with Gasteiger partial charge in [-0.1, -0.05) is 28.4 Å². The first-order chi connectivity index (χ1) is 5.43. The van der Waals surface area contributed by atoms with Crippen LogP contribution in [0.3, 0.4) is 0 Å². The van der Waals surface area contributed by atoms with Gasteiger partial charge in [-0.15, -0.1) is 11.3 Å². The lowest BCUT2D eigenvalue weighted by atomic mass is 10.2. The SMILES string of the molecule is BrCCCCCc1cccs1. The van der Waals surface area contributed by atoms with Gasteiger partial charge in [0, 0.05) is 10.2 Å². The highest BCUT2D eigenvalue weighted by Gasteiger charge is 1.92. The van der Waals surface area contributed by atoms with Crippen molar-refractivity contribution in [2.24, 2.45) is 0 Å². The van der Waals surface area contributed by atoms with E-state index in [-0.39, 0.29) is 0 Å². The van der Waals surface area contributed by atoms with Crippen molar-refractivity contribution < 1.29 is 0 Å². The van der Waals surface area contributed by atoms with Crippen molar-refractivity contribution in [3.63, 3.8) is 0 Å². The molecule has 0 fully saturated rings. The van der Waals surface area contributed by atoms with Crippen LogP contribution in [0.5, 0.6) is 0 Å². The van der Waals surface area contributed by atoms with Gasteiger partial charge in [0.1, 0.15) is 0 Å². The molecule has 11 heavy (non-hydrogen) atoms. The van der Waals surface area contributed by atoms with E-state index in [1.807, 2.05) is 11.3 Å². The van der Waals surface area contributed by atoms with E-state index < -0.39 is 0 Å². The van der Waals surface area contributed by atoms with Crippen LogP contribution in [0.4, 0.5) is 0 Å². The molecule has 0 N–H and O–H groups in total. The molecule has 0 aliphatic carbocycles.